The minimum absolute atomic E-state index is 0.333. The van der Waals surface area contributed by atoms with Crippen LogP contribution in [0.5, 0.6) is 0 Å². The smallest absolute Gasteiger partial charge is 0.0878 e. The summed E-state index contributed by atoms with van der Waals surface area (Å²) in [4.78, 5) is 0. The molecule has 0 saturated heterocycles. The molecule has 0 aromatic heterocycles. The second kappa shape index (κ2) is 5.01. The Kier molecular flexibility index (Phi) is 4.15. The van der Waals surface area contributed by atoms with Crippen molar-refractivity contribution in [1.29, 1.82) is 0 Å². The highest BCUT2D eigenvalue weighted by atomic mass is 15.3. The van der Waals surface area contributed by atoms with E-state index >= 15 is 0 Å². The summed E-state index contributed by atoms with van der Waals surface area (Å²) in [5, 5.41) is 0. The summed E-state index contributed by atoms with van der Waals surface area (Å²) in [6.07, 6.45) is 2.42. The quantitative estimate of drug-likeness (QED) is 0.667. The van der Waals surface area contributed by atoms with Gasteiger partial charge in [-0.25, -0.2) is 0 Å². The normalized spacial score (nSPS) is 12.8. The highest BCUT2D eigenvalue weighted by Crippen LogP contribution is 2.33. The van der Waals surface area contributed by atoms with Gasteiger partial charge >= 0.3 is 0 Å². The highest BCUT2D eigenvalue weighted by molar-refractivity contribution is 5.25. The number of likely N-dealkylation sites (N-methyl/N-ethyl adjacent to an activating group) is 1. The molecular weight excluding hydrogens is 194 g/mol. The van der Waals surface area contributed by atoms with E-state index in [1.807, 2.05) is 0 Å². The second-order valence-electron chi connectivity index (χ2n) is 5.80. The maximum atomic E-state index is 2.31. The maximum absolute atomic E-state index is 2.31. The molecule has 0 heterocycles. The molecule has 90 valence electrons. The predicted molar refractivity (Wildman–Crippen MR) is 71.6 cm³/mol. The Morgan fingerprint density at radius 1 is 0.938 bits per heavy atom. The summed E-state index contributed by atoms with van der Waals surface area (Å²) in [7, 11) is 6.84. The van der Waals surface area contributed by atoms with Crippen LogP contribution >= 0.6 is 0 Å². The molecule has 0 aliphatic carbocycles. The van der Waals surface area contributed by atoms with Gasteiger partial charge in [0.2, 0.25) is 0 Å². The molecule has 0 spiro atoms. The van der Waals surface area contributed by atoms with Crippen LogP contribution in [-0.2, 0) is 5.41 Å². The summed E-state index contributed by atoms with van der Waals surface area (Å²) >= 11 is 0. The number of hydrogen-bond acceptors (Lipinski definition) is 0. The van der Waals surface area contributed by atoms with Crippen molar-refractivity contribution in [3.8, 4) is 0 Å². The Morgan fingerprint density at radius 2 is 1.44 bits per heavy atom. The number of nitrogens with zero attached hydrogens (tertiary/aromatic N) is 1. The zero-order valence-corrected chi connectivity index (χ0v) is 11.5. The van der Waals surface area contributed by atoms with Crippen molar-refractivity contribution in [1.82, 2.24) is 0 Å². The Morgan fingerprint density at radius 3 is 1.81 bits per heavy atom. The standard InChI is InChI=1S/C15H26N/c1-6-15(7-2,13-16(3,4)5)14-11-9-8-10-12-14/h8-12H,6-7,13H2,1-5H3/q+1. The Labute approximate surface area is 101 Å². The lowest BCUT2D eigenvalue weighted by Crippen LogP contribution is -2.47. The van der Waals surface area contributed by atoms with Crippen LogP contribution in [0.15, 0.2) is 30.3 Å². The van der Waals surface area contributed by atoms with Crippen molar-refractivity contribution < 1.29 is 4.48 Å². The molecular formula is C15H26N+. The van der Waals surface area contributed by atoms with Gasteiger partial charge in [0, 0.05) is 5.41 Å². The molecule has 0 aliphatic heterocycles. The van der Waals surface area contributed by atoms with Crippen molar-refractivity contribution in [3.05, 3.63) is 35.9 Å². The first kappa shape index (κ1) is 13.2. The second-order valence-corrected chi connectivity index (χ2v) is 5.80. The van der Waals surface area contributed by atoms with E-state index in [1.54, 1.807) is 0 Å². The first-order valence-corrected chi connectivity index (χ1v) is 6.29. The van der Waals surface area contributed by atoms with E-state index in [0.717, 1.165) is 4.48 Å². The molecule has 1 rings (SSSR count). The summed E-state index contributed by atoms with van der Waals surface area (Å²) < 4.78 is 1.02. The van der Waals surface area contributed by atoms with Gasteiger partial charge in [-0.05, 0) is 18.4 Å². The Bertz CT molecular complexity index is 304. The van der Waals surface area contributed by atoms with E-state index in [0.29, 0.717) is 5.41 Å². The van der Waals surface area contributed by atoms with Crippen LogP contribution in [0, 0.1) is 0 Å². The monoisotopic (exact) mass is 220 g/mol. The van der Waals surface area contributed by atoms with Gasteiger partial charge < -0.3 is 4.48 Å². The molecule has 16 heavy (non-hydrogen) atoms. The van der Waals surface area contributed by atoms with E-state index in [1.165, 1.54) is 24.9 Å². The zero-order valence-electron chi connectivity index (χ0n) is 11.5. The molecule has 0 saturated carbocycles. The third-order valence-corrected chi connectivity index (χ3v) is 3.52. The first-order valence-electron chi connectivity index (χ1n) is 6.29. The average Bonchev–Trinajstić information content (AvgIpc) is 2.26. The van der Waals surface area contributed by atoms with Gasteiger partial charge in [-0.1, -0.05) is 44.2 Å². The molecule has 1 heteroatoms. The molecule has 1 aromatic carbocycles. The van der Waals surface area contributed by atoms with Crippen molar-refractivity contribution in [2.75, 3.05) is 27.7 Å². The molecule has 1 nitrogen and oxygen atoms in total. The van der Waals surface area contributed by atoms with Gasteiger partial charge in [-0.2, -0.15) is 0 Å². The van der Waals surface area contributed by atoms with E-state index in [4.69, 9.17) is 0 Å². The summed E-state index contributed by atoms with van der Waals surface area (Å²) in [5.74, 6) is 0. The minimum Gasteiger partial charge on any atom is -0.330 e. The lowest BCUT2D eigenvalue weighted by atomic mass is 9.75. The fraction of sp³-hybridized carbons (Fsp3) is 0.600. The molecule has 0 aliphatic rings. The molecule has 0 fully saturated rings. The lowest BCUT2D eigenvalue weighted by molar-refractivity contribution is -0.875. The summed E-state index contributed by atoms with van der Waals surface area (Å²) in [5.41, 5.74) is 1.83. The largest absolute Gasteiger partial charge is 0.330 e. The van der Waals surface area contributed by atoms with Crippen LogP contribution in [0.4, 0.5) is 0 Å². The van der Waals surface area contributed by atoms with Gasteiger partial charge in [0.1, 0.15) is 0 Å². The average molecular weight is 220 g/mol. The third kappa shape index (κ3) is 3.08. The minimum atomic E-state index is 0.333. The molecule has 0 unspecified atom stereocenters. The number of quaternary nitrogens is 1. The predicted octanol–water partition coefficient (Wildman–Crippen LogP) is 3.45. The van der Waals surface area contributed by atoms with E-state index in [9.17, 15) is 0 Å². The van der Waals surface area contributed by atoms with Crippen LogP contribution in [0.25, 0.3) is 0 Å². The van der Waals surface area contributed by atoms with E-state index in [2.05, 4.69) is 65.3 Å². The fourth-order valence-electron chi connectivity index (χ4n) is 2.67. The SMILES string of the molecule is CCC(CC)(C[N+](C)(C)C)c1ccccc1. The zero-order chi connectivity index (χ0) is 12.2. The highest BCUT2D eigenvalue weighted by Gasteiger charge is 2.34. The van der Waals surface area contributed by atoms with Gasteiger partial charge in [-0.15, -0.1) is 0 Å². The van der Waals surface area contributed by atoms with Crippen LogP contribution in [0.3, 0.4) is 0 Å². The first-order chi connectivity index (χ1) is 7.43. The van der Waals surface area contributed by atoms with Crippen LogP contribution in [0.1, 0.15) is 32.3 Å². The Hall–Kier alpha value is -0.820. The lowest BCUT2D eigenvalue weighted by Gasteiger charge is -2.38. The molecule has 0 amide bonds. The number of hydrogen-bond donors (Lipinski definition) is 0. The van der Waals surface area contributed by atoms with E-state index < -0.39 is 0 Å². The third-order valence-electron chi connectivity index (χ3n) is 3.52. The molecule has 0 atom stereocenters. The van der Waals surface area contributed by atoms with Crippen molar-refractivity contribution in [3.63, 3.8) is 0 Å². The van der Waals surface area contributed by atoms with E-state index in [-0.39, 0.29) is 0 Å². The number of benzene rings is 1. The van der Waals surface area contributed by atoms with Gasteiger partial charge in [-0.3, -0.25) is 0 Å². The fourth-order valence-corrected chi connectivity index (χ4v) is 2.67. The number of rotatable bonds is 5. The topological polar surface area (TPSA) is 0 Å². The molecule has 0 N–H and O–H groups in total. The van der Waals surface area contributed by atoms with Crippen LogP contribution in [-0.4, -0.2) is 32.2 Å². The van der Waals surface area contributed by atoms with Gasteiger partial charge in [0.05, 0.1) is 27.7 Å². The summed E-state index contributed by atoms with van der Waals surface area (Å²) in [6, 6.07) is 11.0. The van der Waals surface area contributed by atoms with Crippen LogP contribution < -0.4 is 0 Å². The maximum Gasteiger partial charge on any atom is 0.0878 e. The Balaban J connectivity index is 3.06. The van der Waals surface area contributed by atoms with Gasteiger partial charge in [0.15, 0.2) is 0 Å². The van der Waals surface area contributed by atoms with Crippen molar-refractivity contribution in [2.24, 2.45) is 0 Å². The van der Waals surface area contributed by atoms with Gasteiger partial charge in [0.25, 0.3) is 0 Å². The van der Waals surface area contributed by atoms with Crippen molar-refractivity contribution in [2.45, 2.75) is 32.1 Å². The van der Waals surface area contributed by atoms with Crippen molar-refractivity contribution >= 4 is 0 Å². The molecule has 1 aromatic rings. The molecule has 0 radical (unpaired) electrons. The summed E-state index contributed by atoms with van der Waals surface area (Å²) in [6.45, 7) is 5.82. The molecule has 0 bridgehead atoms. The van der Waals surface area contributed by atoms with Crippen LogP contribution in [0.2, 0.25) is 0 Å².